The van der Waals surface area contributed by atoms with Crippen LogP contribution in [0, 0.1) is 11.6 Å². The van der Waals surface area contributed by atoms with Gasteiger partial charge in [0.15, 0.2) is 0 Å². The van der Waals surface area contributed by atoms with Crippen molar-refractivity contribution in [2.75, 3.05) is 0 Å². The Morgan fingerprint density at radius 2 is 1.84 bits per heavy atom. The van der Waals surface area contributed by atoms with Gasteiger partial charge in [0.25, 0.3) is 0 Å². The second-order valence-electron chi connectivity index (χ2n) is 4.51. The molecule has 0 N–H and O–H groups in total. The van der Waals surface area contributed by atoms with E-state index in [1.165, 1.54) is 18.2 Å². The summed E-state index contributed by atoms with van der Waals surface area (Å²) in [5.41, 5.74) is 1.49. The maximum Gasteiger partial charge on any atom is 0.135 e. The minimum atomic E-state index is -0.550. The zero-order valence-corrected chi connectivity index (χ0v) is 10.2. The average molecular weight is 258 g/mol. The molecule has 0 saturated carbocycles. The number of hydrogen-bond acceptors (Lipinski definition) is 2. The predicted octanol–water partition coefficient (Wildman–Crippen LogP) is 3.68. The molecule has 2 aromatic rings. The van der Waals surface area contributed by atoms with Crippen molar-refractivity contribution in [2.24, 2.45) is 4.99 Å². The Bertz CT molecular complexity index is 603. The van der Waals surface area contributed by atoms with E-state index in [2.05, 4.69) is 9.98 Å². The highest BCUT2D eigenvalue weighted by molar-refractivity contribution is 6.02. The van der Waals surface area contributed by atoms with Gasteiger partial charge in [-0.2, -0.15) is 0 Å². The second kappa shape index (κ2) is 4.88. The highest BCUT2D eigenvalue weighted by Gasteiger charge is 2.24. The van der Waals surface area contributed by atoms with Gasteiger partial charge in [-0.15, -0.1) is 0 Å². The highest BCUT2D eigenvalue weighted by atomic mass is 19.1. The summed E-state index contributed by atoms with van der Waals surface area (Å²) in [5, 5.41) is 0. The number of nitrogens with zero attached hydrogens (tertiary/aromatic N) is 2. The number of hydrogen-bond donors (Lipinski definition) is 0. The zero-order valence-electron chi connectivity index (χ0n) is 10.2. The van der Waals surface area contributed by atoms with Crippen molar-refractivity contribution in [1.82, 2.24) is 4.98 Å². The van der Waals surface area contributed by atoms with Gasteiger partial charge in [0, 0.05) is 18.1 Å². The molecule has 0 fully saturated rings. The summed E-state index contributed by atoms with van der Waals surface area (Å²) in [6, 6.07) is 7.61. The van der Waals surface area contributed by atoms with Crippen LogP contribution in [0.5, 0.6) is 0 Å². The Balaban J connectivity index is 1.96. The Labute approximate surface area is 109 Å². The number of aliphatic imine (C=N–C) groups is 1. The summed E-state index contributed by atoms with van der Waals surface area (Å²) in [6.07, 6.45) is 4.78. The Kier molecular flexibility index (Phi) is 3.07. The standard InChI is InChI=1S/C15H12F2N2/c16-11-4-1-5-12(17)15(11)14-7-6-13(19-14)10-3-2-8-18-9-10/h1-5,8-9,13H,6-7H2. The van der Waals surface area contributed by atoms with Crippen molar-refractivity contribution in [3.63, 3.8) is 0 Å². The molecule has 0 amide bonds. The fourth-order valence-electron chi connectivity index (χ4n) is 2.37. The van der Waals surface area contributed by atoms with E-state index in [9.17, 15) is 8.78 Å². The third kappa shape index (κ3) is 2.26. The van der Waals surface area contributed by atoms with E-state index in [1.807, 2.05) is 12.1 Å². The summed E-state index contributed by atoms with van der Waals surface area (Å²) >= 11 is 0. The lowest BCUT2D eigenvalue weighted by molar-refractivity contribution is 0.578. The molecule has 3 rings (SSSR count). The summed E-state index contributed by atoms with van der Waals surface area (Å²) in [4.78, 5) is 8.49. The summed E-state index contributed by atoms with van der Waals surface area (Å²) in [5.74, 6) is -1.10. The minimum absolute atomic E-state index is 0.00823. The molecule has 0 bridgehead atoms. The van der Waals surface area contributed by atoms with Crippen molar-refractivity contribution in [2.45, 2.75) is 18.9 Å². The number of aromatic nitrogens is 1. The summed E-state index contributed by atoms with van der Waals surface area (Å²) in [6.45, 7) is 0. The lowest BCUT2D eigenvalue weighted by Crippen LogP contribution is -2.03. The summed E-state index contributed by atoms with van der Waals surface area (Å²) < 4.78 is 27.4. The molecule has 19 heavy (non-hydrogen) atoms. The monoisotopic (exact) mass is 258 g/mol. The molecule has 1 atom stereocenters. The van der Waals surface area contributed by atoms with Gasteiger partial charge in [-0.3, -0.25) is 9.98 Å². The lowest BCUT2D eigenvalue weighted by atomic mass is 10.0. The van der Waals surface area contributed by atoms with Crippen LogP contribution in [0.25, 0.3) is 0 Å². The minimum Gasteiger partial charge on any atom is -0.281 e. The van der Waals surface area contributed by atoms with Crippen molar-refractivity contribution in [3.05, 3.63) is 65.5 Å². The van der Waals surface area contributed by atoms with Crippen LogP contribution in [0.1, 0.15) is 30.0 Å². The zero-order chi connectivity index (χ0) is 13.2. The van der Waals surface area contributed by atoms with Crippen LogP contribution in [0.15, 0.2) is 47.7 Å². The molecule has 1 aromatic heterocycles. The largest absolute Gasteiger partial charge is 0.281 e. The fourth-order valence-corrected chi connectivity index (χ4v) is 2.37. The van der Waals surface area contributed by atoms with E-state index in [1.54, 1.807) is 12.4 Å². The van der Waals surface area contributed by atoms with E-state index < -0.39 is 11.6 Å². The van der Waals surface area contributed by atoms with Crippen molar-refractivity contribution in [1.29, 1.82) is 0 Å². The SMILES string of the molecule is Fc1cccc(F)c1C1=NC(c2cccnc2)CC1. The van der Waals surface area contributed by atoms with Crippen LogP contribution in [-0.2, 0) is 0 Å². The van der Waals surface area contributed by atoms with Gasteiger partial charge in [0.1, 0.15) is 11.6 Å². The van der Waals surface area contributed by atoms with Gasteiger partial charge in [-0.05, 0) is 36.6 Å². The highest BCUT2D eigenvalue weighted by Crippen LogP contribution is 2.31. The van der Waals surface area contributed by atoms with Gasteiger partial charge in [-0.1, -0.05) is 12.1 Å². The number of pyridine rings is 1. The first-order valence-electron chi connectivity index (χ1n) is 6.16. The topological polar surface area (TPSA) is 25.2 Å². The molecule has 1 unspecified atom stereocenters. The molecule has 96 valence electrons. The van der Waals surface area contributed by atoms with Crippen molar-refractivity contribution >= 4 is 5.71 Å². The Morgan fingerprint density at radius 3 is 2.53 bits per heavy atom. The maximum absolute atomic E-state index is 13.7. The van der Waals surface area contributed by atoms with Crippen LogP contribution < -0.4 is 0 Å². The molecule has 2 nitrogen and oxygen atoms in total. The van der Waals surface area contributed by atoms with Gasteiger partial charge in [0.2, 0.25) is 0 Å². The van der Waals surface area contributed by atoms with Gasteiger partial charge < -0.3 is 0 Å². The molecular weight excluding hydrogens is 246 g/mol. The molecule has 2 heterocycles. The normalized spacial score (nSPS) is 18.4. The quantitative estimate of drug-likeness (QED) is 0.806. The van der Waals surface area contributed by atoms with Crippen molar-refractivity contribution in [3.8, 4) is 0 Å². The second-order valence-corrected chi connectivity index (χ2v) is 4.51. The lowest BCUT2D eigenvalue weighted by Gasteiger charge is -2.05. The maximum atomic E-state index is 13.7. The van der Waals surface area contributed by atoms with E-state index in [0.717, 1.165) is 12.0 Å². The molecule has 1 aliphatic rings. The molecule has 0 saturated heterocycles. The van der Waals surface area contributed by atoms with Crippen LogP contribution in [-0.4, -0.2) is 10.7 Å². The van der Waals surface area contributed by atoms with Gasteiger partial charge in [-0.25, -0.2) is 8.78 Å². The van der Waals surface area contributed by atoms with Gasteiger partial charge >= 0.3 is 0 Å². The van der Waals surface area contributed by atoms with Crippen molar-refractivity contribution < 1.29 is 8.78 Å². The first-order chi connectivity index (χ1) is 9.25. The molecule has 1 aliphatic heterocycles. The smallest absolute Gasteiger partial charge is 0.135 e. The fraction of sp³-hybridized carbons (Fsp3) is 0.200. The van der Waals surface area contributed by atoms with E-state index in [4.69, 9.17) is 0 Å². The first-order valence-corrected chi connectivity index (χ1v) is 6.16. The number of halogens is 2. The molecule has 1 aromatic carbocycles. The van der Waals surface area contributed by atoms with Gasteiger partial charge in [0.05, 0.1) is 11.6 Å². The Hall–Kier alpha value is -2.10. The molecular formula is C15H12F2N2. The number of benzene rings is 1. The third-order valence-corrected chi connectivity index (χ3v) is 3.29. The van der Waals surface area contributed by atoms with E-state index in [-0.39, 0.29) is 11.6 Å². The van der Waals surface area contributed by atoms with Crippen LogP contribution in [0.4, 0.5) is 8.78 Å². The molecule has 4 heteroatoms. The van der Waals surface area contributed by atoms with Crippen LogP contribution in [0.3, 0.4) is 0 Å². The Morgan fingerprint density at radius 1 is 1.05 bits per heavy atom. The van der Waals surface area contributed by atoms with Crippen LogP contribution in [0.2, 0.25) is 0 Å². The van der Waals surface area contributed by atoms with E-state index in [0.29, 0.717) is 12.1 Å². The summed E-state index contributed by atoms with van der Waals surface area (Å²) in [7, 11) is 0. The predicted molar refractivity (Wildman–Crippen MR) is 69.1 cm³/mol. The molecule has 0 aliphatic carbocycles. The average Bonchev–Trinajstić information content (AvgIpc) is 2.89. The van der Waals surface area contributed by atoms with Crippen LogP contribution >= 0.6 is 0 Å². The first kappa shape index (κ1) is 12.0. The van der Waals surface area contributed by atoms with E-state index >= 15 is 0 Å². The third-order valence-electron chi connectivity index (χ3n) is 3.29. The molecule has 0 radical (unpaired) electrons. The number of rotatable bonds is 2. The molecule has 0 spiro atoms.